The summed E-state index contributed by atoms with van der Waals surface area (Å²) in [6.07, 6.45) is 3.07. The molecule has 0 spiro atoms. The normalized spacial score (nSPS) is 15.2. The molecule has 0 atom stereocenters. The summed E-state index contributed by atoms with van der Waals surface area (Å²) in [4.78, 5) is 12.7. The number of nitrogens with two attached hydrogens (primary N) is 1. The molecule has 3 rings (SSSR count). The molecule has 1 aliphatic carbocycles. The maximum atomic E-state index is 12.7. The van der Waals surface area contributed by atoms with Crippen molar-refractivity contribution in [1.82, 2.24) is 5.32 Å². The van der Waals surface area contributed by atoms with Gasteiger partial charge in [-0.05, 0) is 61.6 Å². The van der Waals surface area contributed by atoms with Crippen LogP contribution < -0.4 is 11.1 Å². The number of carbonyl (C=O) groups is 1. The molecule has 0 bridgehead atoms. The second kappa shape index (κ2) is 6.93. The third-order valence-corrected chi connectivity index (χ3v) is 4.94. The van der Waals surface area contributed by atoms with Crippen LogP contribution in [0.1, 0.15) is 40.7 Å². The zero-order chi connectivity index (χ0) is 15.7. The second-order valence-electron chi connectivity index (χ2n) is 5.97. The number of rotatable bonds is 3. The summed E-state index contributed by atoms with van der Waals surface area (Å²) in [6, 6.07) is 13.6. The molecule has 1 saturated carbocycles. The minimum absolute atomic E-state index is 0. The van der Waals surface area contributed by atoms with Crippen LogP contribution in [0.4, 0.5) is 5.69 Å². The number of hydrogen-bond acceptors (Lipinski definition) is 2. The van der Waals surface area contributed by atoms with Crippen LogP contribution in [-0.2, 0) is 5.54 Å². The first-order valence-corrected chi connectivity index (χ1v) is 8.24. The van der Waals surface area contributed by atoms with Crippen LogP contribution in [0.15, 0.2) is 46.9 Å². The number of nitrogens with one attached hydrogen (secondary N) is 1. The number of amides is 1. The van der Waals surface area contributed by atoms with E-state index in [0.29, 0.717) is 11.3 Å². The summed E-state index contributed by atoms with van der Waals surface area (Å²) < 4.78 is 1.03. The van der Waals surface area contributed by atoms with Crippen LogP contribution in [0.25, 0.3) is 0 Å². The Labute approximate surface area is 151 Å². The summed E-state index contributed by atoms with van der Waals surface area (Å²) >= 11 is 3.51. The predicted octanol–water partition coefficient (Wildman–Crippen LogP) is 4.57. The Hall–Kier alpha value is -1.52. The lowest BCUT2D eigenvalue weighted by molar-refractivity contribution is 0.0822. The molecule has 0 aromatic heterocycles. The summed E-state index contributed by atoms with van der Waals surface area (Å²) in [5, 5.41) is 3.24. The van der Waals surface area contributed by atoms with Gasteiger partial charge in [-0.15, -0.1) is 12.4 Å². The van der Waals surface area contributed by atoms with Crippen LogP contribution in [0.3, 0.4) is 0 Å². The summed E-state index contributed by atoms with van der Waals surface area (Å²) in [5.41, 5.74) is 8.93. The van der Waals surface area contributed by atoms with E-state index in [2.05, 4.69) is 33.4 Å². The van der Waals surface area contributed by atoms with E-state index in [9.17, 15) is 4.79 Å². The van der Waals surface area contributed by atoms with Crippen LogP contribution in [0.5, 0.6) is 0 Å². The number of nitrogen functional groups attached to an aromatic ring is 1. The maximum Gasteiger partial charge on any atom is 0.252 e. The SMILES string of the molecule is Cc1ccc(N)cc1C(=O)NC1(c2cccc(Br)c2)CCC1.Cl. The highest BCUT2D eigenvalue weighted by molar-refractivity contribution is 9.10. The van der Waals surface area contributed by atoms with Gasteiger partial charge in [-0.2, -0.15) is 0 Å². The largest absolute Gasteiger partial charge is 0.399 e. The molecule has 1 aliphatic rings. The van der Waals surface area contributed by atoms with E-state index in [-0.39, 0.29) is 23.9 Å². The molecule has 0 saturated heterocycles. The van der Waals surface area contributed by atoms with Gasteiger partial charge in [-0.3, -0.25) is 4.79 Å². The highest BCUT2D eigenvalue weighted by Crippen LogP contribution is 2.42. The highest BCUT2D eigenvalue weighted by atomic mass is 79.9. The molecule has 3 N–H and O–H groups in total. The summed E-state index contributed by atoms with van der Waals surface area (Å²) in [7, 11) is 0. The molecule has 0 radical (unpaired) electrons. The van der Waals surface area contributed by atoms with Gasteiger partial charge in [0.15, 0.2) is 0 Å². The Bertz CT molecular complexity index is 729. The third-order valence-electron chi connectivity index (χ3n) is 4.44. The van der Waals surface area contributed by atoms with Crippen molar-refractivity contribution in [3.05, 3.63) is 63.6 Å². The van der Waals surface area contributed by atoms with E-state index < -0.39 is 0 Å². The van der Waals surface area contributed by atoms with Crippen molar-refractivity contribution in [1.29, 1.82) is 0 Å². The lowest BCUT2D eigenvalue weighted by Gasteiger charge is -2.43. The second-order valence-corrected chi connectivity index (χ2v) is 6.89. The molecule has 0 heterocycles. The molecule has 1 fully saturated rings. The van der Waals surface area contributed by atoms with Gasteiger partial charge in [0, 0.05) is 15.7 Å². The van der Waals surface area contributed by atoms with Crippen LogP contribution in [-0.4, -0.2) is 5.91 Å². The Morgan fingerprint density at radius 1 is 1.22 bits per heavy atom. The molecule has 23 heavy (non-hydrogen) atoms. The highest BCUT2D eigenvalue weighted by Gasteiger charge is 2.40. The molecule has 122 valence electrons. The van der Waals surface area contributed by atoms with Gasteiger partial charge in [0.25, 0.3) is 5.91 Å². The van der Waals surface area contributed by atoms with Crippen LogP contribution in [0, 0.1) is 6.92 Å². The molecule has 0 unspecified atom stereocenters. The minimum Gasteiger partial charge on any atom is -0.399 e. The van der Waals surface area contributed by atoms with E-state index in [1.54, 1.807) is 6.07 Å². The average molecular weight is 396 g/mol. The third kappa shape index (κ3) is 3.54. The molecule has 3 nitrogen and oxygen atoms in total. The molecule has 2 aromatic rings. The van der Waals surface area contributed by atoms with E-state index >= 15 is 0 Å². The fourth-order valence-electron chi connectivity index (χ4n) is 2.97. The first kappa shape index (κ1) is 17.8. The quantitative estimate of drug-likeness (QED) is 0.748. The van der Waals surface area contributed by atoms with Gasteiger partial charge < -0.3 is 11.1 Å². The van der Waals surface area contributed by atoms with Crippen LogP contribution >= 0.6 is 28.3 Å². The number of aryl methyl sites for hydroxylation is 1. The Balaban J connectivity index is 0.00000192. The summed E-state index contributed by atoms with van der Waals surface area (Å²) in [6.45, 7) is 1.93. The maximum absolute atomic E-state index is 12.7. The Morgan fingerprint density at radius 3 is 2.57 bits per heavy atom. The van der Waals surface area contributed by atoms with Gasteiger partial charge >= 0.3 is 0 Å². The molecular formula is C18H20BrClN2O. The predicted molar refractivity (Wildman–Crippen MR) is 100.0 cm³/mol. The number of benzene rings is 2. The first-order chi connectivity index (χ1) is 10.5. The average Bonchev–Trinajstić information content (AvgIpc) is 2.45. The van der Waals surface area contributed by atoms with Crippen molar-refractivity contribution in [2.24, 2.45) is 0 Å². The fourth-order valence-corrected chi connectivity index (χ4v) is 3.37. The fraction of sp³-hybridized carbons (Fsp3) is 0.278. The topological polar surface area (TPSA) is 55.1 Å². The zero-order valence-corrected chi connectivity index (χ0v) is 15.3. The molecule has 0 aliphatic heterocycles. The Kier molecular flexibility index (Phi) is 5.37. The lowest BCUT2D eigenvalue weighted by atomic mass is 9.71. The standard InChI is InChI=1S/C18H19BrN2O.ClH/c1-12-6-7-15(20)11-16(12)17(22)21-18(8-3-9-18)13-4-2-5-14(19)10-13;/h2,4-7,10-11H,3,8-9,20H2,1H3,(H,21,22);1H. The van der Waals surface area contributed by atoms with E-state index in [1.165, 1.54) is 0 Å². The smallest absolute Gasteiger partial charge is 0.252 e. The van der Waals surface area contributed by atoms with Gasteiger partial charge in [0.2, 0.25) is 0 Å². The van der Waals surface area contributed by atoms with Crippen molar-refractivity contribution in [3.8, 4) is 0 Å². The number of halogens is 2. The van der Waals surface area contributed by atoms with Crippen LogP contribution in [0.2, 0.25) is 0 Å². The molecular weight excluding hydrogens is 376 g/mol. The van der Waals surface area contributed by atoms with E-state index in [1.807, 2.05) is 31.2 Å². The van der Waals surface area contributed by atoms with Gasteiger partial charge in [-0.1, -0.05) is 34.1 Å². The zero-order valence-electron chi connectivity index (χ0n) is 12.9. The van der Waals surface area contributed by atoms with Crippen molar-refractivity contribution in [2.45, 2.75) is 31.7 Å². The number of hydrogen-bond donors (Lipinski definition) is 2. The van der Waals surface area contributed by atoms with Crippen molar-refractivity contribution in [2.75, 3.05) is 5.73 Å². The number of carbonyl (C=O) groups excluding carboxylic acids is 1. The first-order valence-electron chi connectivity index (χ1n) is 7.45. The molecule has 1 amide bonds. The number of anilines is 1. The minimum atomic E-state index is -0.252. The summed E-state index contributed by atoms with van der Waals surface area (Å²) in [5.74, 6) is -0.0514. The van der Waals surface area contributed by atoms with Crippen molar-refractivity contribution < 1.29 is 4.79 Å². The van der Waals surface area contributed by atoms with E-state index in [4.69, 9.17) is 5.73 Å². The van der Waals surface area contributed by atoms with Gasteiger partial charge in [0.05, 0.1) is 5.54 Å². The van der Waals surface area contributed by atoms with Crippen molar-refractivity contribution in [3.63, 3.8) is 0 Å². The Morgan fingerprint density at radius 2 is 1.96 bits per heavy atom. The van der Waals surface area contributed by atoms with E-state index in [0.717, 1.165) is 34.9 Å². The monoisotopic (exact) mass is 394 g/mol. The van der Waals surface area contributed by atoms with Gasteiger partial charge in [0.1, 0.15) is 0 Å². The molecule has 2 aromatic carbocycles. The van der Waals surface area contributed by atoms with Crippen molar-refractivity contribution >= 4 is 39.9 Å². The lowest BCUT2D eigenvalue weighted by Crippen LogP contribution is -2.50. The molecule has 5 heteroatoms. The van der Waals surface area contributed by atoms with Gasteiger partial charge in [-0.25, -0.2) is 0 Å².